The topological polar surface area (TPSA) is 83.9 Å². The lowest BCUT2D eigenvalue weighted by Gasteiger charge is -2.73. The number of allylic oxidation sites excluding steroid dienone is 1. The molecule has 6 nitrogen and oxygen atoms in total. The maximum absolute atomic E-state index is 14.1. The summed E-state index contributed by atoms with van der Waals surface area (Å²) >= 11 is 0. The molecule has 1 aliphatic heterocycles. The van der Waals surface area contributed by atoms with Crippen molar-refractivity contribution in [1.82, 2.24) is 4.90 Å². The summed E-state index contributed by atoms with van der Waals surface area (Å²) in [6, 6.07) is 0.430. The van der Waals surface area contributed by atoms with E-state index in [0.717, 1.165) is 51.5 Å². The van der Waals surface area contributed by atoms with Gasteiger partial charge in [-0.2, -0.15) is 0 Å². The summed E-state index contributed by atoms with van der Waals surface area (Å²) in [7, 11) is 0. The number of hydrogen-bond acceptors (Lipinski definition) is 4. The molecule has 1 amide bonds. The molecule has 6 rings (SSSR count). The number of aliphatic carboxylic acids is 1. The summed E-state index contributed by atoms with van der Waals surface area (Å²) in [6.07, 6.45) is 15.3. The lowest BCUT2D eigenvalue weighted by molar-refractivity contribution is -0.250. The van der Waals surface area contributed by atoms with Gasteiger partial charge in [-0.15, -0.1) is 0 Å². The summed E-state index contributed by atoms with van der Waals surface area (Å²) in [5, 5.41) is 9.60. The number of ether oxygens (including phenoxy) is 1. The van der Waals surface area contributed by atoms with Gasteiger partial charge in [-0.05, 0) is 155 Å². The second kappa shape index (κ2) is 12.4. The molecule has 0 radical (unpaired) electrons. The second-order valence-corrected chi connectivity index (χ2v) is 20.2. The van der Waals surface area contributed by atoms with Crippen LogP contribution in [0, 0.1) is 62.1 Å². The smallest absolute Gasteiger partial charge is 0.309 e. The molecule has 1 N–H and O–H groups in total. The van der Waals surface area contributed by atoms with Crippen LogP contribution in [0.1, 0.15) is 159 Å². The monoisotopic (exact) mass is 680 g/mol. The Balaban J connectivity index is 1.25. The standard InChI is InChI=1S/C43H69NO5/c1-11-28-13-12-24-44(28)34(45)25-43-21-16-29(27(2)3)36(43)30-14-15-32-40(8)19-18-33(49-35(46)26-38(4,5)37(47)48)39(6,7)31(40)17-20-42(32,10)41(30,9)22-23-43/h28-33,36H,2,11-26H2,1,3-10H3,(H,47,48)/t28-,29+,30-,31+,32-,33+,36-,40+,41-,42-,43-/m1/s1. The zero-order valence-corrected chi connectivity index (χ0v) is 32.6. The SMILES string of the molecule is C=C(C)[C@@H]1CC[C@]2(CC(=O)N3CCC[C@H]3CC)CC[C@]3(C)[C@H](CC[C@@H]4[C@@]5(C)CC[C@H](OC(=O)CC(C)(C)C(=O)O)C(C)(C)[C@@H]5CC[C@]43C)[C@@H]12. The Morgan fingerprint density at radius 2 is 1.59 bits per heavy atom. The minimum Gasteiger partial charge on any atom is -0.481 e. The van der Waals surface area contributed by atoms with Crippen LogP contribution in [-0.4, -0.2) is 46.5 Å². The minimum absolute atomic E-state index is 0.103. The van der Waals surface area contributed by atoms with Crippen LogP contribution in [0.2, 0.25) is 0 Å². The zero-order chi connectivity index (χ0) is 35.9. The first kappa shape index (κ1) is 36.9. The molecule has 6 fully saturated rings. The summed E-state index contributed by atoms with van der Waals surface area (Å²) in [5.41, 5.74) is 0.716. The number of esters is 1. The number of carbonyl (C=O) groups excluding carboxylic acids is 2. The maximum atomic E-state index is 14.1. The summed E-state index contributed by atoms with van der Waals surface area (Å²) < 4.78 is 6.19. The van der Waals surface area contributed by atoms with E-state index in [1.807, 2.05) is 0 Å². The summed E-state index contributed by atoms with van der Waals surface area (Å²) in [6.45, 7) is 25.8. The third-order valence-electron chi connectivity index (χ3n) is 17.3. The van der Waals surface area contributed by atoms with Gasteiger partial charge in [0, 0.05) is 24.4 Å². The number of likely N-dealkylation sites (tertiary alicyclic amines) is 1. The van der Waals surface area contributed by atoms with E-state index < -0.39 is 11.4 Å². The van der Waals surface area contributed by atoms with Crippen LogP contribution in [0.4, 0.5) is 0 Å². The van der Waals surface area contributed by atoms with Crippen LogP contribution in [0.15, 0.2) is 12.2 Å². The fraction of sp³-hybridized carbons (Fsp3) is 0.884. The number of rotatable bonds is 8. The van der Waals surface area contributed by atoms with Gasteiger partial charge in [0.25, 0.3) is 0 Å². The Morgan fingerprint density at radius 3 is 2.24 bits per heavy atom. The number of carboxylic acids is 1. The molecule has 0 aromatic carbocycles. The van der Waals surface area contributed by atoms with Crippen molar-refractivity contribution >= 4 is 17.8 Å². The minimum atomic E-state index is -1.13. The first-order valence-electron chi connectivity index (χ1n) is 20.2. The Morgan fingerprint density at radius 1 is 0.878 bits per heavy atom. The van der Waals surface area contributed by atoms with Crippen LogP contribution < -0.4 is 0 Å². The van der Waals surface area contributed by atoms with Crippen molar-refractivity contribution in [3.8, 4) is 0 Å². The van der Waals surface area contributed by atoms with E-state index in [1.54, 1.807) is 13.8 Å². The number of amides is 1. The van der Waals surface area contributed by atoms with Gasteiger partial charge in [0.15, 0.2) is 0 Å². The number of carbonyl (C=O) groups is 3. The zero-order valence-electron chi connectivity index (χ0n) is 32.6. The normalized spacial score (nSPS) is 44.3. The molecule has 276 valence electrons. The highest BCUT2D eigenvalue weighted by Gasteiger charge is 2.71. The molecule has 5 saturated carbocycles. The average molecular weight is 680 g/mol. The van der Waals surface area contributed by atoms with Gasteiger partial charge in [0.1, 0.15) is 6.10 Å². The van der Waals surface area contributed by atoms with Crippen molar-refractivity contribution in [2.45, 2.75) is 171 Å². The molecule has 1 saturated heterocycles. The van der Waals surface area contributed by atoms with Gasteiger partial charge >= 0.3 is 11.9 Å². The summed E-state index contributed by atoms with van der Waals surface area (Å²) in [4.78, 5) is 41.2. The van der Waals surface area contributed by atoms with Crippen molar-refractivity contribution in [1.29, 1.82) is 0 Å². The number of nitrogens with zero attached hydrogens (tertiary/aromatic N) is 1. The Hall–Kier alpha value is -1.85. The molecule has 6 heteroatoms. The predicted octanol–water partition coefficient (Wildman–Crippen LogP) is 9.85. The van der Waals surface area contributed by atoms with Gasteiger partial charge in [0.05, 0.1) is 11.8 Å². The van der Waals surface area contributed by atoms with Gasteiger partial charge < -0.3 is 14.7 Å². The average Bonchev–Trinajstić information content (AvgIpc) is 3.64. The molecule has 6 aliphatic rings. The van der Waals surface area contributed by atoms with Crippen molar-refractivity contribution in [2.24, 2.45) is 62.1 Å². The first-order valence-corrected chi connectivity index (χ1v) is 20.2. The van der Waals surface area contributed by atoms with Gasteiger partial charge in [0.2, 0.25) is 5.91 Å². The number of hydrogen-bond donors (Lipinski definition) is 1. The predicted molar refractivity (Wildman–Crippen MR) is 195 cm³/mol. The lowest BCUT2D eigenvalue weighted by atomic mass is 9.32. The Labute approximate surface area is 297 Å². The third kappa shape index (κ3) is 5.56. The first-order chi connectivity index (χ1) is 22.8. The number of carboxylic acid groups (broad SMARTS) is 1. The molecular formula is C43H69NO5. The molecule has 0 aromatic heterocycles. The van der Waals surface area contributed by atoms with Crippen LogP contribution in [0.5, 0.6) is 0 Å². The fourth-order valence-electron chi connectivity index (χ4n) is 14.4. The Kier molecular flexibility index (Phi) is 9.33. The largest absolute Gasteiger partial charge is 0.481 e. The molecule has 0 bridgehead atoms. The van der Waals surface area contributed by atoms with E-state index >= 15 is 0 Å². The molecule has 1 heterocycles. The highest BCUT2D eigenvalue weighted by Crippen LogP contribution is 2.78. The van der Waals surface area contributed by atoms with Crippen LogP contribution in [0.25, 0.3) is 0 Å². The van der Waals surface area contributed by atoms with E-state index in [4.69, 9.17) is 4.74 Å². The van der Waals surface area contributed by atoms with E-state index in [0.29, 0.717) is 41.5 Å². The lowest BCUT2D eigenvalue weighted by Crippen LogP contribution is -2.67. The van der Waals surface area contributed by atoms with Gasteiger partial charge in [-0.1, -0.05) is 53.7 Å². The third-order valence-corrected chi connectivity index (χ3v) is 17.3. The Bertz CT molecular complexity index is 1350. The molecule has 0 unspecified atom stereocenters. The fourth-order valence-corrected chi connectivity index (χ4v) is 14.4. The number of fused-ring (bicyclic) bond motifs is 7. The van der Waals surface area contributed by atoms with E-state index in [2.05, 4.69) is 59.9 Å². The molecule has 5 aliphatic carbocycles. The highest BCUT2D eigenvalue weighted by molar-refractivity contribution is 5.81. The maximum Gasteiger partial charge on any atom is 0.309 e. The molecule has 0 spiro atoms. The molecule has 0 aromatic rings. The van der Waals surface area contributed by atoms with Crippen LogP contribution in [0.3, 0.4) is 0 Å². The summed E-state index contributed by atoms with van der Waals surface area (Å²) in [5.74, 6) is 1.80. The van der Waals surface area contributed by atoms with E-state index in [-0.39, 0.29) is 45.6 Å². The quantitative estimate of drug-likeness (QED) is 0.204. The van der Waals surface area contributed by atoms with Crippen LogP contribution >= 0.6 is 0 Å². The molecule has 49 heavy (non-hydrogen) atoms. The van der Waals surface area contributed by atoms with Crippen molar-refractivity contribution in [2.75, 3.05) is 6.54 Å². The van der Waals surface area contributed by atoms with E-state index in [1.165, 1.54) is 50.5 Å². The van der Waals surface area contributed by atoms with Gasteiger partial charge in [-0.25, -0.2) is 0 Å². The van der Waals surface area contributed by atoms with Crippen molar-refractivity contribution in [3.05, 3.63) is 12.2 Å². The van der Waals surface area contributed by atoms with Gasteiger partial charge in [-0.3, -0.25) is 14.4 Å². The second-order valence-electron chi connectivity index (χ2n) is 20.2. The van der Waals surface area contributed by atoms with Crippen LogP contribution in [-0.2, 0) is 19.1 Å². The molecular weight excluding hydrogens is 610 g/mol. The highest BCUT2D eigenvalue weighted by atomic mass is 16.5. The van der Waals surface area contributed by atoms with Crippen molar-refractivity contribution in [3.63, 3.8) is 0 Å². The van der Waals surface area contributed by atoms with E-state index in [9.17, 15) is 19.5 Å². The van der Waals surface area contributed by atoms with Crippen molar-refractivity contribution < 1.29 is 24.2 Å². The molecule has 11 atom stereocenters.